The van der Waals surface area contributed by atoms with Crippen LogP contribution in [0.15, 0.2) is 48.5 Å². The smallest absolute Gasteiger partial charge is 0.259 e. The van der Waals surface area contributed by atoms with Gasteiger partial charge in [-0.05, 0) is 24.6 Å². The van der Waals surface area contributed by atoms with Crippen molar-refractivity contribution in [2.45, 2.75) is 13.0 Å². The molecule has 0 aliphatic heterocycles. The van der Waals surface area contributed by atoms with Crippen LogP contribution in [0.4, 0.5) is 0 Å². The number of hydrogen-bond acceptors (Lipinski definition) is 3. The first-order chi connectivity index (χ1) is 9.09. The van der Waals surface area contributed by atoms with Crippen molar-refractivity contribution in [3.05, 3.63) is 59.7 Å². The fourth-order valence-corrected chi connectivity index (χ4v) is 1.85. The number of hydrogen-bond donors (Lipinski definition) is 3. The molecular formula is C15H15NO3. The molecule has 1 unspecified atom stereocenters. The summed E-state index contributed by atoms with van der Waals surface area (Å²) in [5, 5.41) is 22.0. The summed E-state index contributed by atoms with van der Waals surface area (Å²) < 4.78 is 0. The van der Waals surface area contributed by atoms with E-state index >= 15 is 0 Å². The molecule has 2 aromatic carbocycles. The monoisotopic (exact) mass is 257 g/mol. The van der Waals surface area contributed by atoms with Crippen LogP contribution in [0.5, 0.6) is 11.5 Å². The summed E-state index contributed by atoms with van der Waals surface area (Å²) >= 11 is 0. The SMILES string of the molecule is CC(NC(=O)c1c(O)cccc1O)c1ccccc1. The van der Waals surface area contributed by atoms with Crippen LogP contribution in [0.25, 0.3) is 0 Å². The molecule has 4 heteroatoms. The second-order valence-corrected chi connectivity index (χ2v) is 4.28. The molecule has 2 rings (SSSR count). The van der Waals surface area contributed by atoms with E-state index in [2.05, 4.69) is 5.32 Å². The van der Waals surface area contributed by atoms with E-state index in [1.165, 1.54) is 18.2 Å². The van der Waals surface area contributed by atoms with Crippen LogP contribution in [0.1, 0.15) is 28.9 Å². The maximum atomic E-state index is 12.0. The lowest BCUT2D eigenvalue weighted by molar-refractivity contribution is 0.0934. The van der Waals surface area contributed by atoms with E-state index in [0.29, 0.717) is 0 Å². The highest BCUT2D eigenvalue weighted by Crippen LogP contribution is 2.26. The van der Waals surface area contributed by atoms with Crippen molar-refractivity contribution in [2.24, 2.45) is 0 Å². The minimum Gasteiger partial charge on any atom is -0.507 e. The van der Waals surface area contributed by atoms with Gasteiger partial charge in [0.05, 0.1) is 6.04 Å². The number of phenols is 2. The van der Waals surface area contributed by atoms with E-state index < -0.39 is 5.91 Å². The summed E-state index contributed by atoms with van der Waals surface area (Å²) in [6.07, 6.45) is 0. The molecule has 1 atom stereocenters. The molecule has 0 aliphatic carbocycles. The highest BCUT2D eigenvalue weighted by molar-refractivity contribution is 5.99. The van der Waals surface area contributed by atoms with E-state index in [-0.39, 0.29) is 23.1 Å². The van der Waals surface area contributed by atoms with Gasteiger partial charge >= 0.3 is 0 Å². The lowest BCUT2D eigenvalue weighted by Gasteiger charge is -2.15. The molecule has 0 aliphatic rings. The summed E-state index contributed by atoms with van der Waals surface area (Å²) in [5.41, 5.74) is 0.844. The number of carbonyl (C=O) groups excluding carboxylic acids is 1. The first kappa shape index (κ1) is 13.0. The van der Waals surface area contributed by atoms with Crippen LogP contribution in [0.2, 0.25) is 0 Å². The van der Waals surface area contributed by atoms with Gasteiger partial charge in [-0.2, -0.15) is 0 Å². The number of nitrogens with one attached hydrogen (secondary N) is 1. The van der Waals surface area contributed by atoms with E-state index in [1.807, 2.05) is 37.3 Å². The zero-order chi connectivity index (χ0) is 13.8. The Morgan fingerprint density at radius 1 is 1.00 bits per heavy atom. The van der Waals surface area contributed by atoms with Crippen LogP contribution >= 0.6 is 0 Å². The predicted molar refractivity (Wildman–Crippen MR) is 72.1 cm³/mol. The van der Waals surface area contributed by atoms with Crippen molar-refractivity contribution in [1.29, 1.82) is 0 Å². The second-order valence-electron chi connectivity index (χ2n) is 4.28. The van der Waals surface area contributed by atoms with Crippen molar-refractivity contribution in [3.8, 4) is 11.5 Å². The molecule has 0 bridgehead atoms. The van der Waals surface area contributed by atoms with Gasteiger partial charge in [0.25, 0.3) is 5.91 Å². The van der Waals surface area contributed by atoms with Gasteiger partial charge in [0, 0.05) is 0 Å². The Kier molecular flexibility index (Phi) is 3.71. The Balaban J connectivity index is 2.18. The van der Waals surface area contributed by atoms with Crippen molar-refractivity contribution in [1.82, 2.24) is 5.32 Å². The fraction of sp³-hybridized carbons (Fsp3) is 0.133. The molecule has 0 spiro atoms. The van der Waals surface area contributed by atoms with Crippen LogP contribution in [0, 0.1) is 0 Å². The Bertz CT molecular complexity index is 561. The molecule has 3 N–H and O–H groups in total. The Morgan fingerprint density at radius 2 is 1.58 bits per heavy atom. The number of benzene rings is 2. The average molecular weight is 257 g/mol. The average Bonchev–Trinajstić information content (AvgIpc) is 2.39. The van der Waals surface area contributed by atoms with Gasteiger partial charge in [-0.3, -0.25) is 4.79 Å². The quantitative estimate of drug-likeness (QED) is 0.791. The van der Waals surface area contributed by atoms with Gasteiger partial charge < -0.3 is 15.5 Å². The van der Waals surface area contributed by atoms with E-state index in [0.717, 1.165) is 5.56 Å². The molecule has 0 aromatic heterocycles. The molecule has 98 valence electrons. The van der Waals surface area contributed by atoms with Crippen LogP contribution in [-0.2, 0) is 0 Å². The van der Waals surface area contributed by atoms with Gasteiger partial charge in [-0.25, -0.2) is 0 Å². The molecule has 4 nitrogen and oxygen atoms in total. The Hall–Kier alpha value is -2.49. The van der Waals surface area contributed by atoms with Gasteiger partial charge in [-0.15, -0.1) is 0 Å². The van der Waals surface area contributed by atoms with Crippen molar-refractivity contribution in [3.63, 3.8) is 0 Å². The molecule has 0 saturated carbocycles. The largest absolute Gasteiger partial charge is 0.507 e. The van der Waals surface area contributed by atoms with Crippen molar-refractivity contribution >= 4 is 5.91 Å². The van der Waals surface area contributed by atoms with Gasteiger partial charge in [0.15, 0.2) is 0 Å². The van der Waals surface area contributed by atoms with Crippen molar-refractivity contribution in [2.75, 3.05) is 0 Å². The lowest BCUT2D eigenvalue weighted by Crippen LogP contribution is -2.26. The summed E-state index contributed by atoms with van der Waals surface area (Å²) in [4.78, 5) is 12.0. The molecule has 0 radical (unpaired) electrons. The molecule has 1 amide bonds. The standard InChI is InChI=1S/C15H15NO3/c1-10(11-6-3-2-4-7-11)16-15(19)14-12(17)8-5-9-13(14)18/h2-10,17-18H,1H3,(H,16,19). The fourth-order valence-electron chi connectivity index (χ4n) is 1.85. The first-order valence-corrected chi connectivity index (χ1v) is 5.96. The van der Waals surface area contributed by atoms with Crippen LogP contribution in [-0.4, -0.2) is 16.1 Å². The normalized spacial score (nSPS) is 11.8. The number of aromatic hydroxyl groups is 2. The molecule has 0 fully saturated rings. The Morgan fingerprint density at radius 3 is 2.16 bits per heavy atom. The number of phenolic OH excluding ortho intramolecular Hbond substituents is 2. The van der Waals surface area contributed by atoms with E-state index in [9.17, 15) is 15.0 Å². The highest BCUT2D eigenvalue weighted by Gasteiger charge is 2.18. The lowest BCUT2D eigenvalue weighted by atomic mass is 10.1. The summed E-state index contributed by atoms with van der Waals surface area (Å²) in [6.45, 7) is 1.84. The molecule has 0 saturated heterocycles. The maximum absolute atomic E-state index is 12.0. The first-order valence-electron chi connectivity index (χ1n) is 5.96. The van der Waals surface area contributed by atoms with Crippen LogP contribution < -0.4 is 5.32 Å². The summed E-state index contributed by atoms with van der Waals surface area (Å²) in [5.74, 6) is -0.984. The number of rotatable bonds is 3. The van der Waals surface area contributed by atoms with E-state index in [4.69, 9.17) is 0 Å². The van der Waals surface area contributed by atoms with Gasteiger partial charge in [0.2, 0.25) is 0 Å². The van der Waals surface area contributed by atoms with Crippen molar-refractivity contribution < 1.29 is 15.0 Å². The zero-order valence-corrected chi connectivity index (χ0v) is 10.5. The van der Waals surface area contributed by atoms with Gasteiger partial charge in [0.1, 0.15) is 17.1 Å². The maximum Gasteiger partial charge on any atom is 0.259 e. The molecule has 2 aromatic rings. The van der Waals surface area contributed by atoms with E-state index in [1.54, 1.807) is 0 Å². The second kappa shape index (κ2) is 5.44. The highest BCUT2D eigenvalue weighted by atomic mass is 16.3. The molecule has 0 heterocycles. The zero-order valence-electron chi connectivity index (χ0n) is 10.5. The van der Waals surface area contributed by atoms with Crippen LogP contribution in [0.3, 0.4) is 0 Å². The van der Waals surface area contributed by atoms with Gasteiger partial charge in [-0.1, -0.05) is 36.4 Å². The summed E-state index contributed by atoms with van der Waals surface area (Å²) in [6, 6.07) is 13.4. The number of carbonyl (C=O) groups is 1. The third kappa shape index (κ3) is 2.85. The minimum atomic E-state index is -0.507. The summed E-state index contributed by atoms with van der Waals surface area (Å²) in [7, 11) is 0. The Labute approximate surface area is 111 Å². The third-order valence-electron chi connectivity index (χ3n) is 2.89. The predicted octanol–water partition coefficient (Wildman–Crippen LogP) is 2.59. The molecular weight excluding hydrogens is 242 g/mol. The number of amides is 1. The molecule has 19 heavy (non-hydrogen) atoms. The third-order valence-corrected chi connectivity index (χ3v) is 2.89. The minimum absolute atomic E-state index is 0.106. The topological polar surface area (TPSA) is 69.6 Å².